The van der Waals surface area contributed by atoms with Gasteiger partial charge < -0.3 is 14.8 Å². The predicted octanol–water partition coefficient (Wildman–Crippen LogP) is 5.01. The molecule has 174 valence electrons. The number of benzene rings is 2. The monoisotopic (exact) mass is 475 g/mol. The third-order valence-corrected chi connectivity index (χ3v) is 7.53. The van der Waals surface area contributed by atoms with Gasteiger partial charge >= 0.3 is 0 Å². The fourth-order valence-electron chi connectivity index (χ4n) is 4.67. The maximum absolute atomic E-state index is 13.6. The van der Waals surface area contributed by atoms with Crippen molar-refractivity contribution in [1.29, 1.82) is 0 Å². The number of nitrogens with zero attached hydrogens (tertiary/aromatic N) is 2. The van der Waals surface area contributed by atoms with E-state index < -0.39 is 5.54 Å². The Labute approximate surface area is 201 Å². The van der Waals surface area contributed by atoms with E-state index in [0.717, 1.165) is 28.6 Å². The molecule has 3 heterocycles. The Morgan fingerprint density at radius 3 is 2.62 bits per heavy atom. The number of fused-ring (bicyclic) bond motifs is 3. The Balaban J connectivity index is 1.40. The molecule has 0 radical (unpaired) electrons. The molecule has 5 nitrogen and oxygen atoms in total. The quantitative estimate of drug-likeness (QED) is 0.409. The number of thiophene rings is 1. The first kappa shape index (κ1) is 22.3. The van der Waals surface area contributed by atoms with Crippen LogP contribution in [-0.4, -0.2) is 33.4 Å². The first-order valence-electron chi connectivity index (χ1n) is 11.4. The smallest absolute Gasteiger partial charge is 0.271 e. The molecular weight excluding hydrogens is 449 g/mol. The molecule has 7 heteroatoms. The molecule has 2 amide bonds. The van der Waals surface area contributed by atoms with Gasteiger partial charge in [-0.3, -0.25) is 9.59 Å². The number of hydrogen-bond acceptors (Lipinski definition) is 3. The molecule has 1 aliphatic rings. The molecule has 0 aliphatic carbocycles. The molecule has 5 rings (SSSR count). The van der Waals surface area contributed by atoms with Crippen molar-refractivity contribution in [2.24, 2.45) is 0 Å². The molecule has 0 bridgehead atoms. The van der Waals surface area contributed by atoms with Gasteiger partial charge in [-0.15, -0.1) is 11.3 Å². The zero-order chi connectivity index (χ0) is 23.7. The van der Waals surface area contributed by atoms with E-state index in [2.05, 4.69) is 17.4 Å². The van der Waals surface area contributed by atoms with Crippen LogP contribution < -0.4 is 5.32 Å². The van der Waals surface area contributed by atoms with Gasteiger partial charge in [-0.25, -0.2) is 4.39 Å². The number of carbonyl (C=O) groups is 2. The minimum Gasteiger partial charge on any atom is -0.350 e. The molecule has 4 aromatic rings. The summed E-state index contributed by atoms with van der Waals surface area (Å²) in [5, 5.41) is 6.01. The maximum Gasteiger partial charge on any atom is 0.271 e. The van der Waals surface area contributed by atoms with Gasteiger partial charge in [0.05, 0.1) is 6.54 Å². The van der Waals surface area contributed by atoms with E-state index in [1.165, 1.54) is 17.7 Å². The maximum atomic E-state index is 13.6. The highest BCUT2D eigenvalue weighted by Gasteiger charge is 2.47. The number of carbonyl (C=O) groups excluding carboxylic acids is 2. The highest BCUT2D eigenvalue weighted by molar-refractivity contribution is 7.16. The van der Waals surface area contributed by atoms with E-state index in [0.29, 0.717) is 18.8 Å². The summed E-state index contributed by atoms with van der Waals surface area (Å²) in [7, 11) is 0. The first-order chi connectivity index (χ1) is 16.5. The Hall–Kier alpha value is -3.45. The Bertz CT molecular complexity index is 1330. The average Bonchev–Trinajstić information content (AvgIpc) is 3.44. The summed E-state index contributed by atoms with van der Waals surface area (Å²) in [5.74, 6) is -0.652. The average molecular weight is 476 g/mol. The topological polar surface area (TPSA) is 54.3 Å². The van der Waals surface area contributed by atoms with Gasteiger partial charge in [-0.2, -0.15) is 0 Å². The third kappa shape index (κ3) is 4.12. The predicted molar refractivity (Wildman–Crippen MR) is 132 cm³/mol. The molecule has 1 atom stereocenters. The molecular formula is C27H26FN3O2S. The number of halogens is 1. The van der Waals surface area contributed by atoms with Gasteiger partial charge in [0.15, 0.2) is 0 Å². The Kier molecular flexibility index (Phi) is 5.96. The molecule has 1 aliphatic heterocycles. The number of hydrogen-bond donors (Lipinski definition) is 1. The summed E-state index contributed by atoms with van der Waals surface area (Å²) in [6.07, 6.45) is 1.58. The summed E-state index contributed by atoms with van der Waals surface area (Å²) < 4.78 is 15.2. The van der Waals surface area contributed by atoms with E-state index in [9.17, 15) is 14.0 Å². The number of aryl methyl sites for hydroxylation is 1. The van der Waals surface area contributed by atoms with Crippen molar-refractivity contribution >= 4 is 33.4 Å². The zero-order valence-electron chi connectivity index (χ0n) is 19.0. The molecule has 2 aromatic heterocycles. The molecule has 1 N–H and O–H groups in total. The molecule has 0 fully saturated rings. The van der Waals surface area contributed by atoms with Crippen LogP contribution in [0.1, 0.15) is 35.0 Å². The molecule has 0 saturated heterocycles. The summed E-state index contributed by atoms with van der Waals surface area (Å²) in [5.41, 5.74) is 1.60. The van der Waals surface area contributed by atoms with Gasteiger partial charge in [0.25, 0.3) is 5.91 Å². The van der Waals surface area contributed by atoms with E-state index in [1.807, 2.05) is 47.2 Å². The summed E-state index contributed by atoms with van der Waals surface area (Å²) in [4.78, 5) is 29.9. The van der Waals surface area contributed by atoms with Crippen LogP contribution in [0.5, 0.6) is 0 Å². The lowest BCUT2D eigenvalue weighted by molar-refractivity contribution is -0.133. The van der Waals surface area contributed by atoms with Crippen molar-refractivity contribution in [2.75, 3.05) is 6.54 Å². The SMILES string of the molecule is C[C@]1(C(=O)NCc2ccc(F)cc2)Cn2c(cc3ccsc32)C(=O)N1CCCc1ccccc1. The lowest BCUT2D eigenvalue weighted by atomic mass is 9.94. The van der Waals surface area contributed by atoms with Gasteiger partial charge in [-0.1, -0.05) is 42.5 Å². The van der Waals surface area contributed by atoms with Crippen molar-refractivity contribution in [3.05, 3.63) is 94.7 Å². The van der Waals surface area contributed by atoms with E-state index >= 15 is 0 Å². The molecule has 0 spiro atoms. The Morgan fingerprint density at radius 2 is 1.85 bits per heavy atom. The summed E-state index contributed by atoms with van der Waals surface area (Å²) in [6.45, 7) is 2.98. The van der Waals surface area contributed by atoms with Gasteiger partial charge in [0.2, 0.25) is 5.91 Å². The number of amides is 2. The van der Waals surface area contributed by atoms with E-state index in [1.54, 1.807) is 28.4 Å². The Morgan fingerprint density at radius 1 is 1.09 bits per heavy atom. The van der Waals surface area contributed by atoms with Crippen molar-refractivity contribution in [3.63, 3.8) is 0 Å². The number of aromatic nitrogens is 1. The minimum atomic E-state index is -1.04. The fraction of sp³-hybridized carbons (Fsp3) is 0.259. The van der Waals surface area contributed by atoms with Crippen molar-refractivity contribution in [2.45, 2.75) is 38.4 Å². The second-order valence-electron chi connectivity index (χ2n) is 8.93. The lowest BCUT2D eigenvalue weighted by Crippen LogP contribution is -2.64. The second kappa shape index (κ2) is 9.06. The van der Waals surface area contributed by atoms with Crippen molar-refractivity contribution in [1.82, 2.24) is 14.8 Å². The van der Waals surface area contributed by atoms with Crippen LogP contribution in [0.2, 0.25) is 0 Å². The van der Waals surface area contributed by atoms with Crippen LogP contribution in [0.15, 0.2) is 72.1 Å². The minimum absolute atomic E-state index is 0.123. The summed E-state index contributed by atoms with van der Waals surface area (Å²) >= 11 is 1.58. The van der Waals surface area contributed by atoms with E-state index in [-0.39, 0.29) is 24.2 Å². The van der Waals surface area contributed by atoms with Gasteiger partial charge in [-0.05, 0) is 60.5 Å². The van der Waals surface area contributed by atoms with Crippen LogP contribution in [0.4, 0.5) is 4.39 Å². The molecule has 0 unspecified atom stereocenters. The highest BCUT2D eigenvalue weighted by Crippen LogP contribution is 2.34. The van der Waals surface area contributed by atoms with Crippen molar-refractivity contribution in [3.8, 4) is 0 Å². The molecule has 2 aromatic carbocycles. The number of nitrogens with one attached hydrogen (secondary N) is 1. The standard InChI is InChI=1S/C27H26FN3O2S/c1-27(26(33)29-17-20-9-11-22(28)12-10-20)18-30-23(16-21-13-15-34-25(21)30)24(32)31(27)14-5-8-19-6-3-2-4-7-19/h2-4,6-7,9-13,15-16H,5,8,14,17-18H2,1H3,(H,29,33)/t27-/m1/s1. The normalized spacial score (nSPS) is 17.7. The van der Waals surface area contributed by atoms with Crippen LogP contribution in [0, 0.1) is 5.82 Å². The van der Waals surface area contributed by atoms with Crippen LogP contribution >= 0.6 is 11.3 Å². The first-order valence-corrected chi connectivity index (χ1v) is 12.3. The fourth-order valence-corrected chi connectivity index (χ4v) is 5.57. The second-order valence-corrected chi connectivity index (χ2v) is 9.82. The molecule has 0 saturated carbocycles. The molecule has 34 heavy (non-hydrogen) atoms. The number of rotatable bonds is 7. The van der Waals surface area contributed by atoms with Crippen LogP contribution in [0.25, 0.3) is 10.2 Å². The zero-order valence-corrected chi connectivity index (χ0v) is 19.8. The van der Waals surface area contributed by atoms with Crippen molar-refractivity contribution < 1.29 is 14.0 Å². The van der Waals surface area contributed by atoms with Gasteiger partial charge in [0.1, 0.15) is 21.9 Å². The van der Waals surface area contributed by atoms with E-state index in [4.69, 9.17) is 0 Å². The summed E-state index contributed by atoms with van der Waals surface area (Å²) in [6, 6.07) is 20.1. The van der Waals surface area contributed by atoms with Crippen LogP contribution in [-0.2, 0) is 24.3 Å². The largest absolute Gasteiger partial charge is 0.350 e. The van der Waals surface area contributed by atoms with Gasteiger partial charge in [0, 0.05) is 18.5 Å². The lowest BCUT2D eigenvalue weighted by Gasteiger charge is -2.44. The van der Waals surface area contributed by atoms with Crippen LogP contribution in [0.3, 0.4) is 0 Å². The third-order valence-electron chi connectivity index (χ3n) is 6.57. The highest BCUT2D eigenvalue weighted by atomic mass is 32.1.